The summed E-state index contributed by atoms with van der Waals surface area (Å²) in [6.45, 7) is 5.29. The fourth-order valence-electron chi connectivity index (χ4n) is 0.908. The minimum absolute atomic E-state index is 0.447. The number of halogens is 1. The van der Waals surface area contributed by atoms with Gasteiger partial charge in [-0.3, -0.25) is 5.01 Å². The molecule has 0 fully saturated rings. The minimum atomic E-state index is 0.447. The van der Waals surface area contributed by atoms with Crippen LogP contribution in [0.15, 0.2) is 17.4 Å². The Balaban J connectivity index is 2.40. The Bertz CT molecular complexity index is 186. The van der Waals surface area contributed by atoms with Gasteiger partial charge in [0.25, 0.3) is 5.29 Å². The topological polar surface area (TPSA) is 30.9 Å². The molecule has 1 unspecified atom stereocenters. The smallest absolute Gasteiger partial charge is 0.258 e. The fourth-order valence-corrected chi connectivity index (χ4v) is 1.09. The monoisotopic (exact) mass is 174 g/mol. The zero-order valence-electron chi connectivity index (χ0n) is 6.74. The highest BCUT2D eigenvalue weighted by molar-refractivity contribution is 5.81. The van der Waals surface area contributed by atoms with Crippen LogP contribution >= 0.6 is 0 Å². The molecule has 62 valence electrons. The lowest BCUT2D eigenvalue weighted by Crippen LogP contribution is -3.04. The highest BCUT2D eigenvalue weighted by Gasteiger charge is 2.09. The van der Waals surface area contributed by atoms with Crippen LogP contribution in [0.1, 0.15) is 13.8 Å². The van der Waals surface area contributed by atoms with Gasteiger partial charge in [0.15, 0.2) is 0 Å². The summed E-state index contributed by atoms with van der Waals surface area (Å²) in [4.78, 5) is 3.85. The molecule has 0 bridgehead atoms. The molecule has 1 N–H and O–H groups in total. The van der Waals surface area contributed by atoms with E-state index in [2.05, 4.69) is 24.3 Å². The molecule has 0 amide bonds. The molecule has 0 aromatic rings. The van der Waals surface area contributed by atoms with E-state index in [9.17, 15) is 0 Å². The molecule has 0 aromatic carbocycles. The molecule has 0 spiro atoms. The van der Waals surface area contributed by atoms with Crippen molar-refractivity contribution in [3.8, 4) is 0 Å². The Morgan fingerprint density at radius 1 is 1.73 bits per heavy atom. The predicted molar refractivity (Wildman–Crippen MR) is 42.0 cm³/mol. The van der Waals surface area contributed by atoms with Gasteiger partial charge in [-0.25, -0.2) is 5.43 Å². The van der Waals surface area contributed by atoms with Crippen molar-refractivity contribution in [1.82, 2.24) is 0 Å². The average Bonchev–Trinajstić information content (AvgIpc) is 1.85. The lowest BCUT2D eigenvalue weighted by atomic mass is 10.2. The van der Waals surface area contributed by atoms with Gasteiger partial charge in [0.1, 0.15) is 17.8 Å². The number of hydrogen-bond donors (Lipinski definition) is 1. The van der Waals surface area contributed by atoms with Crippen LogP contribution in [-0.2, 0) is 0 Å². The van der Waals surface area contributed by atoms with Crippen LogP contribution in [0, 0.1) is 17.5 Å². The summed E-state index contributed by atoms with van der Waals surface area (Å²) < 4.78 is 0. The minimum Gasteiger partial charge on any atom is -0.382 e. The molecule has 3 nitrogen and oxygen atoms in total. The maximum absolute atomic E-state index is 4.83. The van der Waals surface area contributed by atoms with Crippen LogP contribution in [0.4, 0.5) is 0 Å². The lowest BCUT2D eigenvalue weighted by Gasteiger charge is -2.21. The molecule has 0 saturated carbocycles. The zero-order valence-corrected chi connectivity index (χ0v) is 7.56. The molecule has 1 heterocycles. The van der Waals surface area contributed by atoms with E-state index >= 15 is 0 Å². The van der Waals surface area contributed by atoms with E-state index in [0.29, 0.717) is 11.2 Å². The van der Waals surface area contributed by atoms with Gasteiger partial charge in [0, 0.05) is 5.92 Å². The summed E-state index contributed by atoms with van der Waals surface area (Å²) in [5.74, 6) is 0.624. The molecular weight excluding hydrogens is 162 g/mol. The number of nitrogens with zero attached hydrogens (tertiary/aromatic N) is 2. The van der Waals surface area contributed by atoms with Crippen molar-refractivity contribution >= 4 is 5.29 Å². The van der Waals surface area contributed by atoms with E-state index in [1.54, 1.807) is 6.20 Å². The van der Waals surface area contributed by atoms with Crippen molar-refractivity contribution in [2.24, 2.45) is 10.9 Å². The third-order valence-corrected chi connectivity index (χ3v) is 1.51. The summed E-state index contributed by atoms with van der Waals surface area (Å²) in [6, 6.07) is 0. The normalized spacial score (nSPS) is 23.3. The van der Waals surface area contributed by atoms with Crippen LogP contribution in [0.3, 0.4) is 0 Å². The molecule has 0 saturated heterocycles. The van der Waals surface area contributed by atoms with Crippen molar-refractivity contribution in [2.45, 2.75) is 13.8 Å². The molecule has 0 aromatic heterocycles. The maximum Gasteiger partial charge on any atom is 0.258 e. The van der Waals surface area contributed by atoms with Crippen molar-refractivity contribution in [1.29, 1.82) is 0 Å². The number of hydrogen-bond acceptors (Lipinski definition) is 1. The largest absolute Gasteiger partial charge is 0.382 e. The fraction of sp³-hybridized carbons (Fsp3) is 0.571. The Labute approximate surface area is 71.7 Å². The van der Waals surface area contributed by atoms with Crippen LogP contribution in [0.5, 0.6) is 0 Å². The van der Waals surface area contributed by atoms with Crippen LogP contribution in [0.2, 0.25) is 0 Å². The summed E-state index contributed by atoms with van der Waals surface area (Å²) in [5, 5.41) is 1.49. The van der Waals surface area contributed by atoms with Crippen molar-refractivity contribution in [3.63, 3.8) is 0 Å². The molecule has 11 heavy (non-hydrogen) atoms. The summed E-state index contributed by atoms with van der Waals surface area (Å²) >= 11 is 4.83. The van der Waals surface area contributed by atoms with Gasteiger partial charge >= 0.3 is 0 Å². The molecule has 1 aliphatic heterocycles. The SMILES string of the molecule is CC(C)C[NH+]1C=CN=C([ClH+])[N-]1. The first-order valence-electron chi connectivity index (χ1n) is 3.67. The standard InChI is InChI=1S/C7H13ClN3/c1-6(2)5-11-4-3-9-7(8)10-11/h3-4,6,8,11H,5H2,1-2H3/q+1. The van der Waals surface area contributed by atoms with Crippen LogP contribution < -0.4 is 5.01 Å². The Morgan fingerprint density at radius 3 is 3.00 bits per heavy atom. The van der Waals surface area contributed by atoms with Crippen molar-refractivity contribution in [2.75, 3.05) is 6.54 Å². The van der Waals surface area contributed by atoms with E-state index < -0.39 is 0 Å². The van der Waals surface area contributed by atoms with Crippen molar-refractivity contribution in [3.05, 3.63) is 17.8 Å². The number of nitrogens with one attached hydrogen (secondary N) is 1. The van der Waals surface area contributed by atoms with Gasteiger partial charge in [-0.1, -0.05) is 13.8 Å². The molecule has 0 radical (unpaired) electrons. The number of quaternary nitrogens is 1. The number of amidine groups is 1. The molecule has 0 aliphatic carbocycles. The first kappa shape index (κ1) is 8.56. The Morgan fingerprint density at radius 2 is 2.45 bits per heavy atom. The highest BCUT2D eigenvalue weighted by atomic mass is 35.5. The predicted octanol–water partition coefficient (Wildman–Crippen LogP) is -0.0616. The molecule has 1 atom stereocenters. The first-order valence-corrected chi connectivity index (χ1v) is 4.08. The lowest BCUT2D eigenvalue weighted by molar-refractivity contribution is -0.807. The first-order chi connectivity index (χ1) is 5.18. The van der Waals surface area contributed by atoms with E-state index in [0.717, 1.165) is 11.6 Å². The maximum atomic E-state index is 4.83. The number of aliphatic imine (C=N–C) groups is 1. The van der Waals surface area contributed by atoms with Gasteiger partial charge in [0.05, 0.1) is 6.54 Å². The Hall–Kier alpha value is -0.540. The molecule has 1 rings (SSSR count). The summed E-state index contributed by atoms with van der Waals surface area (Å²) in [5.41, 5.74) is 4.12. The highest BCUT2D eigenvalue weighted by Crippen LogP contribution is 1.91. The van der Waals surface area contributed by atoms with E-state index in [4.69, 9.17) is 11.6 Å². The van der Waals surface area contributed by atoms with E-state index in [1.165, 1.54) is 0 Å². The quantitative estimate of drug-likeness (QED) is 0.569. The zero-order chi connectivity index (χ0) is 8.27. The number of rotatable bonds is 2. The van der Waals surface area contributed by atoms with Gasteiger partial charge < -0.3 is 4.99 Å². The van der Waals surface area contributed by atoms with Crippen LogP contribution in [-0.4, -0.2) is 11.8 Å². The van der Waals surface area contributed by atoms with E-state index in [1.807, 2.05) is 6.20 Å². The third-order valence-electron chi connectivity index (χ3n) is 1.31. The Kier molecular flexibility index (Phi) is 2.91. The van der Waals surface area contributed by atoms with Crippen molar-refractivity contribution < 1.29 is 16.6 Å². The second-order valence-electron chi connectivity index (χ2n) is 2.93. The van der Waals surface area contributed by atoms with Crippen LogP contribution in [0.25, 0.3) is 5.43 Å². The summed E-state index contributed by atoms with van der Waals surface area (Å²) in [7, 11) is 0. The molecule has 1 aliphatic rings. The van der Waals surface area contributed by atoms with Gasteiger partial charge in [-0.15, -0.1) is 0 Å². The second kappa shape index (κ2) is 3.74. The third kappa shape index (κ3) is 2.91. The van der Waals surface area contributed by atoms with Gasteiger partial charge in [-0.05, 0) is 6.20 Å². The van der Waals surface area contributed by atoms with Gasteiger partial charge in [0.2, 0.25) is 0 Å². The van der Waals surface area contributed by atoms with Gasteiger partial charge in [-0.2, -0.15) is 0 Å². The second-order valence-corrected chi connectivity index (χ2v) is 3.29. The molecule has 4 heteroatoms. The van der Waals surface area contributed by atoms with E-state index in [-0.39, 0.29) is 0 Å². The molecular formula is C7H13ClN3+. The summed E-state index contributed by atoms with van der Waals surface area (Å²) in [6.07, 6.45) is 3.63. The average molecular weight is 175 g/mol.